The molecule has 1 aromatic heterocycles. The quantitative estimate of drug-likeness (QED) is 0.752. The Labute approximate surface area is 184 Å². The first kappa shape index (κ1) is 20.5. The average molecular weight is 421 g/mol. The Morgan fingerprint density at radius 1 is 1.03 bits per heavy atom. The molecule has 0 N–H and O–H groups in total. The fourth-order valence-corrected chi connectivity index (χ4v) is 4.57. The van der Waals surface area contributed by atoms with E-state index in [1.807, 2.05) is 0 Å². The first-order chi connectivity index (χ1) is 15.3. The Morgan fingerprint density at radius 3 is 2.71 bits per heavy atom. The van der Waals surface area contributed by atoms with Gasteiger partial charge >= 0.3 is 0 Å². The number of allylic oxidation sites excluding steroid dienone is 2. The van der Waals surface area contributed by atoms with Crippen molar-refractivity contribution in [3.8, 4) is 5.69 Å². The molecule has 0 saturated carbocycles. The molecule has 1 aromatic carbocycles. The lowest BCUT2D eigenvalue weighted by Crippen LogP contribution is -2.51. The molecule has 0 bridgehead atoms. The van der Waals surface area contributed by atoms with Gasteiger partial charge in [0.15, 0.2) is 5.82 Å². The standard InChI is InChI=1S/C25H32N4O2/c1-20-8-10-21(11-9-20)29-24-7-5-3-2-4-6-23(24)25(26-29)28-14-17-31-22(19-28)18-27-12-15-30-16-13-27/h2,4,6-11,22H,3,5,12-19H2,1H3/b4-2-,23-6+,24-7+. The van der Waals surface area contributed by atoms with Crippen LogP contribution in [0.5, 0.6) is 0 Å². The molecule has 1 atom stereocenters. The van der Waals surface area contributed by atoms with E-state index in [0.717, 1.165) is 76.9 Å². The van der Waals surface area contributed by atoms with Crippen molar-refractivity contribution >= 4 is 18.0 Å². The lowest BCUT2D eigenvalue weighted by atomic mass is 10.2. The molecule has 1 unspecified atom stereocenters. The van der Waals surface area contributed by atoms with Gasteiger partial charge in [0.1, 0.15) is 0 Å². The lowest BCUT2D eigenvalue weighted by Gasteiger charge is -2.37. The van der Waals surface area contributed by atoms with E-state index in [1.165, 1.54) is 16.1 Å². The van der Waals surface area contributed by atoms with Gasteiger partial charge < -0.3 is 14.4 Å². The first-order valence-corrected chi connectivity index (χ1v) is 11.5. The number of anilines is 1. The molecular weight excluding hydrogens is 388 g/mol. The lowest BCUT2D eigenvalue weighted by molar-refractivity contribution is -0.0173. The van der Waals surface area contributed by atoms with Crippen LogP contribution in [0.15, 0.2) is 36.4 Å². The van der Waals surface area contributed by atoms with Crippen LogP contribution in [0.4, 0.5) is 5.82 Å². The molecule has 0 spiro atoms. The van der Waals surface area contributed by atoms with Gasteiger partial charge in [0.2, 0.25) is 0 Å². The summed E-state index contributed by atoms with van der Waals surface area (Å²) in [4.78, 5) is 4.87. The van der Waals surface area contributed by atoms with Crippen LogP contribution < -0.4 is 15.5 Å². The van der Waals surface area contributed by atoms with E-state index < -0.39 is 0 Å². The fraction of sp³-hybridized carbons (Fsp3) is 0.480. The normalized spacial score (nSPS) is 25.5. The molecule has 5 rings (SSSR count). The smallest absolute Gasteiger partial charge is 0.159 e. The van der Waals surface area contributed by atoms with Gasteiger partial charge in [-0.3, -0.25) is 4.90 Å². The number of nitrogens with zero attached hydrogens (tertiary/aromatic N) is 4. The van der Waals surface area contributed by atoms with E-state index in [-0.39, 0.29) is 6.10 Å². The molecule has 3 heterocycles. The van der Waals surface area contributed by atoms with Crippen LogP contribution in [0.25, 0.3) is 17.8 Å². The van der Waals surface area contributed by atoms with Crippen LogP contribution in [-0.4, -0.2) is 73.3 Å². The molecule has 2 aliphatic heterocycles. The Balaban J connectivity index is 1.48. The topological polar surface area (TPSA) is 42.8 Å². The third-order valence-electron chi connectivity index (χ3n) is 6.29. The Kier molecular flexibility index (Phi) is 6.20. The molecule has 164 valence electrons. The minimum absolute atomic E-state index is 0.195. The summed E-state index contributed by atoms with van der Waals surface area (Å²) in [6.45, 7) is 9.17. The van der Waals surface area contributed by atoms with Gasteiger partial charge in [-0.15, -0.1) is 5.10 Å². The highest BCUT2D eigenvalue weighted by molar-refractivity contribution is 5.54. The predicted octanol–water partition coefficient (Wildman–Crippen LogP) is 1.63. The maximum absolute atomic E-state index is 6.14. The van der Waals surface area contributed by atoms with Crippen LogP contribution in [0, 0.1) is 6.92 Å². The van der Waals surface area contributed by atoms with Gasteiger partial charge in [-0.25, -0.2) is 4.68 Å². The minimum Gasteiger partial charge on any atom is -0.379 e. The molecular formula is C25H32N4O2. The second-order valence-electron chi connectivity index (χ2n) is 8.60. The van der Waals surface area contributed by atoms with E-state index in [2.05, 4.69) is 70.0 Å². The van der Waals surface area contributed by atoms with Crippen LogP contribution in [0.3, 0.4) is 0 Å². The second-order valence-corrected chi connectivity index (χ2v) is 8.60. The maximum Gasteiger partial charge on any atom is 0.159 e. The zero-order chi connectivity index (χ0) is 21.0. The number of benzene rings is 1. The highest BCUT2D eigenvalue weighted by Gasteiger charge is 2.26. The van der Waals surface area contributed by atoms with Crippen molar-refractivity contribution in [1.29, 1.82) is 0 Å². The van der Waals surface area contributed by atoms with E-state index in [9.17, 15) is 0 Å². The Morgan fingerprint density at radius 2 is 1.87 bits per heavy atom. The van der Waals surface area contributed by atoms with Crippen molar-refractivity contribution in [2.75, 3.05) is 57.4 Å². The van der Waals surface area contributed by atoms with Crippen molar-refractivity contribution in [3.05, 3.63) is 52.5 Å². The summed E-state index contributed by atoms with van der Waals surface area (Å²) in [5.41, 5.74) is 2.37. The SMILES string of the molecule is Cc1ccc(-n2nc(N3CCOC(CN4CCOCC4)C3)c3/c2=C\CC/C=C\C=3)cc1. The van der Waals surface area contributed by atoms with E-state index in [4.69, 9.17) is 14.6 Å². The number of ether oxygens (including phenoxy) is 2. The number of aromatic nitrogens is 2. The molecule has 1 aliphatic carbocycles. The van der Waals surface area contributed by atoms with Crippen molar-refractivity contribution < 1.29 is 9.47 Å². The third-order valence-corrected chi connectivity index (χ3v) is 6.29. The van der Waals surface area contributed by atoms with Gasteiger partial charge in [0.05, 0.1) is 37.0 Å². The molecule has 31 heavy (non-hydrogen) atoms. The van der Waals surface area contributed by atoms with Gasteiger partial charge in [0.25, 0.3) is 0 Å². The summed E-state index contributed by atoms with van der Waals surface area (Å²) in [7, 11) is 0. The molecule has 0 amide bonds. The van der Waals surface area contributed by atoms with Crippen LogP contribution in [0.1, 0.15) is 18.4 Å². The number of morpholine rings is 2. The zero-order valence-corrected chi connectivity index (χ0v) is 18.4. The van der Waals surface area contributed by atoms with E-state index in [0.29, 0.717) is 0 Å². The largest absolute Gasteiger partial charge is 0.379 e. The second kappa shape index (κ2) is 9.39. The highest BCUT2D eigenvalue weighted by Crippen LogP contribution is 2.15. The van der Waals surface area contributed by atoms with Gasteiger partial charge in [-0.05, 0) is 38.0 Å². The molecule has 6 nitrogen and oxygen atoms in total. The molecule has 2 fully saturated rings. The van der Waals surface area contributed by atoms with Crippen molar-refractivity contribution in [2.24, 2.45) is 0 Å². The summed E-state index contributed by atoms with van der Waals surface area (Å²) < 4.78 is 13.7. The summed E-state index contributed by atoms with van der Waals surface area (Å²) in [6.07, 6.45) is 11.3. The molecule has 0 radical (unpaired) electrons. The number of hydrogen-bond donors (Lipinski definition) is 0. The Bertz CT molecular complexity index is 1030. The maximum atomic E-state index is 6.14. The van der Waals surface area contributed by atoms with Crippen LogP contribution in [0.2, 0.25) is 0 Å². The minimum atomic E-state index is 0.195. The first-order valence-electron chi connectivity index (χ1n) is 11.5. The van der Waals surface area contributed by atoms with Gasteiger partial charge in [-0.1, -0.05) is 35.9 Å². The predicted molar refractivity (Wildman–Crippen MR) is 124 cm³/mol. The fourth-order valence-electron chi connectivity index (χ4n) is 4.57. The van der Waals surface area contributed by atoms with Gasteiger partial charge in [-0.2, -0.15) is 0 Å². The summed E-state index contributed by atoms with van der Waals surface area (Å²) >= 11 is 0. The number of fused-ring (bicyclic) bond motifs is 1. The number of rotatable bonds is 4. The highest BCUT2D eigenvalue weighted by atomic mass is 16.5. The van der Waals surface area contributed by atoms with Crippen LogP contribution >= 0.6 is 0 Å². The zero-order valence-electron chi connectivity index (χ0n) is 18.4. The van der Waals surface area contributed by atoms with Crippen LogP contribution in [-0.2, 0) is 9.47 Å². The average Bonchev–Trinajstić information content (AvgIpc) is 3.12. The summed E-state index contributed by atoms with van der Waals surface area (Å²) in [5.74, 6) is 1.06. The number of hydrogen-bond acceptors (Lipinski definition) is 5. The van der Waals surface area contributed by atoms with Crippen molar-refractivity contribution in [2.45, 2.75) is 25.9 Å². The van der Waals surface area contributed by atoms with Gasteiger partial charge in [0, 0.05) is 37.9 Å². The Hall–Kier alpha value is -2.41. The number of aryl methyl sites for hydroxylation is 1. The third kappa shape index (κ3) is 4.61. The molecule has 2 aromatic rings. The molecule has 2 saturated heterocycles. The van der Waals surface area contributed by atoms with Crippen molar-refractivity contribution in [3.63, 3.8) is 0 Å². The monoisotopic (exact) mass is 420 g/mol. The summed E-state index contributed by atoms with van der Waals surface area (Å²) in [5, 5.41) is 7.54. The van der Waals surface area contributed by atoms with E-state index >= 15 is 0 Å². The molecule has 3 aliphatic rings. The summed E-state index contributed by atoms with van der Waals surface area (Å²) in [6, 6.07) is 8.64. The van der Waals surface area contributed by atoms with Crippen molar-refractivity contribution in [1.82, 2.24) is 14.7 Å². The van der Waals surface area contributed by atoms with E-state index in [1.54, 1.807) is 0 Å². The molecule has 6 heteroatoms.